The van der Waals surface area contributed by atoms with E-state index in [1.165, 1.54) is 5.56 Å². The normalized spacial score (nSPS) is 10.4. The summed E-state index contributed by atoms with van der Waals surface area (Å²) in [5, 5.41) is 6.56. The standard InChI is InChI=1S/C20H19ClN4O/c1-3-14-8-10-15(11-9-14)24-20(26)18-12-19(23-13(2)22-18)25-17-7-5-4-6-16(17)21/h4-12H,3H2,1-2H3,(H,24,26)(H,22,23,25). The highest BCUT2D eigenvalue weighted by atomic mass is 35.5. The summed E-state index contributed by atoms with van der Waals surface area (Å²) in [6.45, 7) is 3.83. The molecule has 5 nitrogen and oxygen atoms in total. The number of hydrogen-bond acceptors (Lipinski definition) is 4. The van der Waals surface area contributed by atoms with Crippen molar-refractivity contribution >= 4 is 34.7 Å². The minimum absolute atomic E-state index is 0.284. The molecule has 6 heteroatoms. The quantitative estimate of drug-likeness (QED) is 0.667. The van der Waals surface area contributed by atoms with Gasteiger partial charge in [0.2, 0.25) is 0 Å². The van der Waals surface area contributed by atoms with Crippen molar-refractivity contribution in [2.24, 2.45) is 0 Å². The van der Waals surface area contributed by atoms with E-state index in [-0.39, 0.29) is 11.6 Å². The summed E-state index contributed by atoms with van der Waals surface area (Å²) in [7, 11) is 0. The lowest BCUT2D eigenvalue weighted by atomic mass is 10.1. The van der Waals surface area contributed by atoms with E-state index in [9.17, 15) is 4.79 Å². The second-order valence-corrected chi connectivity index (χ2v) is 6.20. The zero-order chi connectivity index (χ0) is 18.5. The largest absolute Gasteiger partial charge is 0.339 e. The smallest absolute Gasteiger partial charge is 0.274 e. The predicted molar refractivity (Wildman–Crippen MR) is 105 cm³/mol. The van der Waals surface area contributed by atoms with Crippen LogP contribution in [-0.2, 0) is 6.42 Å². The van der Waals surface area contributed by atoms with E-state index in [2.05, 4.69) is 27.5 Å². The van der Waals surface area contributed by atoms with Gasteiger partial charge < -0.3 is 10.6 Å². The zero-order valence-electron chi connectivity index (χ0n) is 14.6. The highest BCUT2D eigenvalue weighted by Crippen LogP contribution is 2.24. The molecule has 0 saturated carbocycles. The summed E-state index contributed by atoms with van der Waals surface area (Å²) in [6, 6.07) is 16.7. The summed E-state index contributed by atoms with van der Waals surface area (Å²) in [4.78, 5) is 21.1. The number of rotatable bonds is 5. The molecule has 1 amide bonds. The van der Waals surface area contributed by atoms with Crippen LogP contribution in [-0.4, -0.2) is 15.9 Å². The number of hydrogen-bond donors (Lipinski definition) is 2. The Balaban J connectivity index is 1.80. The van der Waals surface area contributed by atoms with Crippen LogP contribution in [0, 0.1) is 6.92 Å². The Labute approximate surface area is 157 Å². The van der Waals surface area contributed by atoms with Gasteiger partial charge in [0.25, 0.3) is 5.91 Å². The maximum atomic E-state index is 12.5. The molecule has 0 radical (unpaired) electrons. The summed E-state index contributed by atoms with van der Waals surface area (Å²) < 4.78 is 0. The summed E-state index contributed by atoms with van der Waals surface area (Å²) >= 11 is 6.16. The van der Waals surface area contributed by atoms with E-state index in [1.54, 1.807) is 19.1 Å². The lowest BCUT2D eigenvalue weighted by molar-refractivity contribution is 0.102. The van der Waals surface area contributed by atoms with Gasteiger partial charge in [0.1, 0.15) is 17.3 Å². The van der Waals surface area contributed by atoms with Crippen LogP contribution in [0.2, 0.25) is 5.02 Å². The van der Waals surface area contributed by atoms with E-state index in [1.807, 2.05) is 42.5 Å². The molecule has 1 aromatic heterocycles. The highest BCUT2D eigenvalue weighted by Gasteiger charge is 2.12. The van der Waals surface area contributed by atoms with Gasteiger partial charge >= 0.3 is 0 Å². The second kappa shape index (κ2) is 7.97. The third kappa shape index (κ3) is 4.37. The molecule has 0 spiro atoms. The van der Waals surface area contributed by atoms with Gasteiger partial charge in [-0.3, -0.25) is 4.79 Å². The van der Waals surface area contributed by atoms with Crippen molar-refractivity contribution in [3.8, 4) is 0 Å². The molecule has 0 atom stereocenters. The Morgan fingerprint density at radius 2 is 1.81 bits per heavy atom. The number of nitrogens with one attached hydrogen (secondary N) is 2. The number of para-hydroxylation sites is 1. The second-order valence-electron chi connectivity index (χ2n) is 5.80. The molecule has 0 aliphatic heterocycles. The van der Waals surface area contributed by atoms with Crippen molar-refractivity contribution in [2.75, 3.05) is 10.6 Å². The van der Waals surface area contributed by atoms with E-state index in [0.29, 0.717) is 22.4 Å². The van der Waals surface area contributed by atoms with Crippen LogP contribution in [0.1, 0.15) is 28.8 Å². The lowest BCUT2D eigenvalue weighted by Crippen LogP contribution is -2.15. The number of amides is 1. The molecule has 0 fully saturated rings. The molecular formula is C20H19ClN4O. The molecular weight excluding hydrogens is 348 g/mol. The third-order valence-electron chi connectivity index (χ3n) is 3.83. The van der Waals surface area contributed by atoms with Crippen molar-refractivity contribution < 1.29 is 4.79 Å². The molecule has 3 rings (SSSR count). The average molecular weight is 367 g/mol. The minimum Gasteiger partial charge on any atom is -0.339 e. The van der Waals surface area contributed by atoms with Gasteiger partial charge in [-0.1, -0.05) is 42.8 Å². The van der Waals surface area contributed by atoms with Crippen LogP contribution in [0.4, 0.5) is 17.2 Å². The molecule has 0 aliphatic rings. The molecule has 2 N–H and O–H groups in total. The van der Waals surface area contributed by atoms with Gasteiger partial charge in [-0.2, -0.15) is 0 Å². The van der Waals surface area contributed by atoms with Crippen LogP contribution in [0.25, 0.3) is 0 Å². The van der Waals surface area contributed by atoms with E-state index in [4.69, 9.17) is 11.6 Å². The zero-order valence-corrected chi connectivity index (χ0v) is 15.3. The fourth-order valence-corrected chi connectivity index (χ4v) is 2.65. The van der Waals surface area contributed by atoms with Gasteiger partial charge in [-0.25, -0.2) is 9.97 Å². The van der Waals surface area contributed by atoms with Crippen LogP contribution in [0.3, 0.4) is 0 Å². The average Bonchev–Trinajstić information content (AvgIpc) is 2.64. The fourth-order valence-electron chi connectivity index (χ4n) is 2.47. The molecule has 0 saturated heterocycles. The molecule has 0 bridgehead atoms. The number of benzene rings is 2. The highest BCUT2D eigenvalue weighted by molar-refractivity contribution is 6.33. The Morgan fingerprint density at radius 3 is 2.50 bits per heavy atom. The van der Waals surface area contributed by atoms with Crippen LogP contribution < -0.4 is 10.6 Å². The number of halogens is 1. The number of aryl methyl sites for hydroxylation is 2. The number of carbonyl (C=O) groups excluding carboxylic acids is 1. The first-order valence-corrected chi connectivity index (χ1v) is 8.70. The molecule has 1 heterocycles. The van der Waals surface area contributed by atoms with Gasteiger partial charge in [0.05, 0.1) is 10.7 Å². The molecule has 2 aromatic carbocycles. The van der Waals surface area contributed by atoms with E-state index >= 15 is 0 Å². The van der Waals surface area contributed by atoms with Gasteiger partial charge in [-0.05, 0) is 43.2 Å². The predicted octanol–water partition coefficient (Wildman–Crippen LogP) is 5.00. The molecule has 3 aromatic rings. The Kier molecular flexibility index (Phi) is 5.49. The summed E-state index contributed by atoms with van der Waals surface area (Å²) in [5.74, 6) is 0.715. The maximum Gasteiger partial charge on any atom is 0.274 e. The van der Waals surface area contributed by atoms with E-state index in [0.717, 1.165) is 12.1 Å². The molecule has 26 heavy (non-hydrogen) atoms. The number of anilines is 3. The first kappa shape index (κ1) is 17.9. The number of carbonyl (C=O) groups is 1. The Bertz CT molecular complexity index is 925. The van der Waals surface area contributed by atoms with E-state index < -0.39 is 0 Å². The molecule has 0 unspecified atom stereocenters. The minimum atomic E-state index is -0.290. The van der Waals surface area contributed by atoms with Crippen molar-refractivity contribution in [1.29, 1.82) is 0 Å². The monoisotopic (exact) mass is 366 g/mol. The van der Waals surface area contributed by atoms with Crippen molar-refractivity contribution in [2.45, 2.75) is 20.3 Å². The maximum absolute atomic E-state index is 12.5. The SMILES string of the molecule is CCc1ccc(NC(=O)c2cc(Nc3ccccc3Cl)nc(C)n2)cc1. The summed E-state index contributed by atoms with van der Waals surface area (Å²) in [6.07, 6.45) is 0.955. The first-order chi connectivity index (χ1) is 12.5. The fraction of sp³-hybridized carbons (Fsp3) is 0.150. The van der Waals surface area contributed by atoms with Crippen LogP contribution >= 0.6 is 11.6 Å². The topological polar surface area (TPSA) is 66.9 Å². The van der Waals surface area contributed by atoms with Crippen LogP contribution in [0.15, 0.2) is 54.6 Å². The third-order valence-corrected chi connectivity index (χ3v) is 4.16. The summed E-state index contributed by atoms with van der Waals surface area (Å²) in [5.41, 5.74) is 2.94. The molecule has 132 valence electrons. The van der Waals surface area contributed by atoms with Crippen LogP contribution in [0.5, 0.6) is 0 Å². The van der Waals surface area contributed by atoms with Gasteiger partial charge in [-0.15, -0.1) is 0 Å². The lowest BCUT2D eigenvalue weighted by Gasteiger charge is -2.10. The van der Waals surface area contributed by atoms with Crippen molar-refractivity contribution in [1.82, 2.24) is 9.97 Å². The Hall–Kier alpha value is -2.92. The van der Waals surface area contributed by atoms with Gasteiger partial charge in [0.15, 0.2) is 0 Å². The Morgan fingerprint density at radius 1 is 1.08 bits per heavy atom. The van der Waals surface area contributed by atoms with Crippen molar-refractivity contribution in [3.63, 3.8) is 0 Å². The van der Waals surface area contributed by atoms with Crippen molar-refractivity contribution in [3.05, 3.63) is 76.7 Å². The number of aromatic nitrogens is 2. The molecule has 0 aliphatic carbocycles. The van der Waals surface area contributed by atoms with Gasteiger partial charge in [0, 0.05) is 11.8 Å². The first-order valence-electron chi connectivity index (χ1n) is 8.32. The number of nitrogens with zero attached hydrogens (tertiary/aromatic N) is 2.